The maximum atomic E-state index is 13.1. The van der Waals surface area contributed by atoms with Crippen molar-refractivity contribution in [1.82, 2.24) is 4.98 Å². The van der Waals surface area contributed by atoms with Crippen LogP contribution < -0.4 is 5.73 Å². The molecule has 2 aromatic carbocycles. The molecule has 0 amide bonds. The number of nitrogens with zero attached hydrogens (tertiary/aromatic N) is 1. The van der Waals surface area contributed by atoms with Gasteiger partial charge in [-0.25, -0.2) is 4.39 Å². The van der Waals surface area contributed by atoms with Crippen LogP contribution in [0, 0.1) is 5.82 Å². The van der Waals surface area contributed by atoms with Gasteiger partial charge >= 0.3 is 0 Å². The number of nitrogens with two attached hydrogens (primary N) is 1. The lowest BCUT2D eigenvalue weighted by Crippen LogP contribution is -2.05. The molecule has 0 unspecified atom stereocenters. The molecule has 0 saturated heterocycles. The van der Waals surface area contributed by atoms with Crippen molar-refractivity contribution in [2.45, 2.75) is 6.42 Å². The number of hydrogen-bond acceptors (Lipinski definition) is 2. The van der Waals surface area contributed by atoms with Crippen LogP contribution in [0.25, 0.3) is 22.0 Å². The fourth-order valence-electron chi connectivity index (χ4n) is 2.49. The third-order valence-electron chi connectivity index (χ3n) is 3.40. The van der Waals surface area contributed by atoms with Gasteiger partial charge in [0.15, 0.2) is 0 Å². The number of fused-ring (bicyclic) bond motifs is 1. The molecule has 0 radical (unpaired) electrons. The predicted molar refractivity (Wildman–Crippen MR) is 79.9 cm³/mol. The standard InChI is InChI=1S/C17H15FN2/c18-14-7-5-12(6-8-14)17-13(9-10-19)11-20-16-4-2-1-3-15(16)17/h1-8,11H,9-10,19H2. The van der Waals surface area contributed by atoms with Crippen LogP contribution >= 0.6 is 0 Å². The summed E-state index contributed by atoms with van der Waals surface area (Å²) in [7, 11) is 0. The van der Waals surface area contributed by atoms with Gasteiger partial charge in [-0.2, -0.15) is 0 Å². The molecule has 20 heavy (non-hydrogen) atoms. The molecule has 0 bridgehead atoms. The Morgan fingerprint density at radius 2 is 1.75 bits per heavy atom. The largest absolute Gasteiger partial charge is 0.330 e. The Morgan fingerprint density at radius 3 is 2.50 bits per heavy atom. The summed E-state index contributed by atoms with van der Waals surface area (Å²) in [5.74, 6) is -0.229. The van der Waals surface area contributed by atoms with Gasteiger partial charge in [0.2, 0.25) is 0 Å². The second-order valence-corrected chi connectivity index (χ2v) is 4.72. The topological polar surface area (TPSA) is 38.9 Å². The third-order valence-corrected chi connectivity index (χ3v) is 3.40. The Bertz CT molecular complexity index is 736. The van der Waals surface area contributed by atoms with Crippen molar-refractivity contribution in [3.63, 3.8) is 0 Å². The van der Waals surface area contributed by atoms with Crippen LogP contribution in [-0.4, -0.2) is 11.5 Å². The van der Waals surface area contributed by atoms with Gasteiger partial charge in [0.05, 0.1) is 5.52 Å². The monoisotopic (exact) mass is 266 g/mol. The summed E-state index contributed by atoms with van der Waals surface area (Å²) >= 11 is 0. The summed E-state index contributed by atoms with van der Waals surface area (Å²) in [6.45, 7) is 0.564. The Morgan fingerprint density at radius 1 is 1.00 bits per heavy atom. The van der Waals surface area contributed by atoms with Gasteiger partial charge in [0.1, 0.15) is 5.82 Å². The summed E-state index contributed by atoms with van der Waals surface area (Å²) in [5, 5.41) is 1.07. The van der Waals surface area contributed by atoms with Crippen molar-refractivity contribution in [1.29, 1.82) is 0 Å². The third kappa shape index (κ3) is 2.28. The zero-order valence-electron chi connectivity index (χ0n) is 11.0. The summed E-state index contributed by atoms with van der Waals surface area (Å²) in [4.78, 5) is 4.47. The first-order chi connectivity index (χ1) is 9.79. The first-order valence-electron chi connectivity index (χ1n) is 6.62. The van der Waals surface area contributed by atoms with Crippen LogP contribution in [0.4, 0.5) is 4.39 Å². The number of benzene rings is 2. The number of rotatable bonds is 3. The van der Waals surface area contributed by atoms with Crippen LogP contribution in [0.2, 0.25) is 0 Å². The van der Waals surface area contributed by atoms with E-state index in [0.717, 1.165) is 34.0 Å². The highest BCUT2D eigenvalue weighted by Gasteiger charge is 2.10. The number of aromatic nitrogens is 1. The van der Waals surface area contributed by atoms with Crippen LogP contribution in [0.5, 0.6) is 0 Å². The Hall–Kier alpha value is -2.26. The van der Waals surface area contributed by atoms with Crippen molar-refractivity contribution in [3.05, 3.63) is 66.1 Å². The smallest absolute Gasteiger partial charge is 0.123 e. The molecule has 3 rings (SSSR count). The van der Waals surface area contributed by atoms with Crippen LogP contribution in [0.1, 0.15) is 5.56 Å². The first kappa shape index (κ1) is 12.8. The van der Waals surface area contributed by atoms with Crippen molar-refractivity contribution in [2.75, 3.05) is 6.54 Å². The van der Waals surface area contributed by atoms with Gasteiger partial charge in [-0.05, 0) is 47.9 Å². The van der Waals surface area contributed by atoms with E-state index in [9.17, 15) is 4.39 Å². The molecule has 0 aliphatic rings. The molecule has 2 N–H and O–H groups in total. The van der Waals surface area contributed by atoms with E-state index in [1.54, 1.807) is 12.1 Å². The Labute approximate surface area is 117 Å². The van der Waals surface area contributed by atoms with E-state index in [0.29, 0.717) is 6.54 Å². The van der Waals surface area contributed by atoms with Gasteiger partial charge in [0.25, 0.3) is 0 Å². The number of pyridine rings is 1. The molecule has 0 aliphatic carbocycles. The maximum absolute atomic E-state index is 13.1. The van der Waals surface area contributed by atoms with Gasteiger partial charge in [-0.1, -0.05) is 30.3 Å². The van der Waals surface area contributed by atoms with Gasteiger partial charge in [0, 0.05) is 11.6 Å². The van der Waals surface area contributed by atoms with Gasteiger partial charge in [-0.3, -0.25) is 4.98 Å². The molecule has 3 heteroatoms. The summed E-state index contributed by atoms with van der Waals surface area (Å²) in [5.41, 5.74) is 9.81. The molecular formula is C17H15FN2. The summed E-state index contributed by atoms with van der Waals surface area (Å²) in [6, 6.07) is 14.5. The van der Waals surface area contributed by atoms with E-state index in [1.165, 1.54) is 12.1 Å². The van der Waals surface area contributed by atoms with Crippen molar-refractivity contribution in [2.24, 2.45) is 5.73 Å². The maximum Gasteiger partial charge on any atom is 0.123 e. The summed E-state index contributed by atoms with van der Waals surface area (Å²) < 4.78 is 13.1. The molecule has 0 saturated carbocycles. The molecule has 2 nitrogen and oxygen atoms in total. The lowest BCUT2D eigenvalue weighted by atomic mass is 9.95. The molecule has 0 aliphatic heterocycles. The molecule has 3 aromatic rings. The highest BCUT2D eigenvalue weighted by molar-refractivity contribution is 5.96. The lowest BCUT2D eigenvalue weighted by Gasteiger charge is -2.12. The van der Waals surface area contributed by atoms with Crippen LogP contribution in [-0.2, 0) is 6.42 Å². The van der Waals surface area contributed by atoms with E-state index in [1.807, 2.05) is 30.5 Å². The predicted octanol–water partition coefficient (Wildman–Crippen LogP) is 3.54. The van der Waals surface area contributed by atoms with E-state index in [4.69, 9.17) is 5.73 Å². The zero-order valence-corrected chi connectivity index (χ0v) is 11.0. The lowest BCUT2D eigenvalue weighted by molar-refractivity contribution is 0.628. The fourth-order valence-corrected chi connectivity index (χ4v) is 2.49. The highest BCUT2D eigenvalue weighted by atomic mass is 19.1. The molecule has 0 atom stereocenters. The normalized spacial score (nSPS) is 10.9. The van der Waals surface area contributed by atoms with E-state index >= 15 is 0 Å². The molecule has 1 aromatic heterocycles. The zero-order chi connectivity index (χ0) is 13.9. The average molecular weight is 266 g/mol. The highest BCUT2D eigenvalue weighted by Crippen LogP contribution is 2.31. The molecule has 100 valence electrons. The van der Waals surface area contributed by atoms with E-state index in [-0.39, 0.29) is 5.82 Å². The minimum absolute atomic E-state index is 0.229. The first-order valence-corrected chi connectivity index (χ1v) is 6.62. The van der Waals surface area contributed by atoms with E-state index < -0.39 is 0 Å². The number of hydrogen-bond donors (Lipinski definition) is 1. The molecule has 0 fully saturated rings. The fraction of sp³-hybridized carbons (Fsp3) is 0.118. The van der Waals surface area contributed by atoms with Crippen LogP contribution in [0.3, 0.4) is 0 Å². The number of halogens is 1. The molecular weight excluding hydrogens is 251 g/mol. The van der Waals surface area contributed by atoms with Crippen molar-refractivity contribution >= 4 is 10.9 Å². The van der Waals surface area contributed by atoms with Gasteiger partial charge < -0.3 is 5.73 Å². The second-order valence-electron chi connectivity index (χ2n) is 4.72. The minimum Gasteiger partial charge on any atom is -0.330 e. The SMILES string of the molecule is NCCc1cnc2ccccc2c1-c1ccc(F)cc1. The molecule has 1 heterocycles. The Kier molecular flexibility index (Phi) is 3.44. The average Bonchev–Trinajstić information content (AvgIpc) is 2.48. The van der Waals surface area contributed by atoms with Crippen LogP contribution in [0.15, 0.2) is 54.7 Å². The quantitative estimate of drug-likeness (QED) is 0.787. The van der Waals surface area contributed by atoms with Crippen molar-refractivity contribution < 1.29 is 4.39 Å². The summed E-state index contributed by atoms with van der Waals surface area (Å²) in [6.07, 6.45) is 2.62. The van der Waals surface area contributed by atoms with Crippen molar-refractivity contribution in [3.8, 4) is 11.1 Å². The van der Waals surface area contributed by atoms with Gasteiger partial charge in [-0.15, -0.1) is 0 Å². The second kappa shape index (κ2) is 5.39. The van der Waals surface area contributed by atoms with E-state index in [2.05, 4.69) is 4.98 Å². The molecule has 0 spiro atoms. The Balaban J connectivity index is 2.29. The number of para-hydroxylation sites is 1. The minimum atomic E-state index is -0.229.